The molecule has 5 nitrogen and oxygen atoms in total. The van der Waals surface area contributed by atoms with E-state index in [0.29, 0.717) is 29.6 Å². The number of nitrogens with zero attached hydrogens (tertiary/aromatic N) is 3. The van der Waals surface area contributed by atoms with Gasteiger partial charge in [0.1, 0.15) is 11.9 Å². The highest BCUT2D eigenvalue weighted by Gasteiger charge is 2.26. The number of rotatable bonds is 5. The van der Waals surface area contributed by atoms with Crippen molar-refractivity contribution < 1.29 is 9.50 Å². The van der Waals surface area contributed by atoms with E-state index in [1.54, 1.807) is 16.8 Å². The normalized spacial score (nSPS) is 15.8. The van der Waals surface area contributed by atoms with Crippen LogP contribution in [0.2, 0.25) is 5.02 Å². The van der Waals surface area contributed by atoms with Gasteiger partial charge in [-0.15, -0.1) is 0 Å². The highest BCUT2D eigenvalue weighted by atomic mass is 35.5. The van der Waals surface area contributed by atoms with Gasteiger partial charge >= 0.3 is 0 Å². The van der Waals surface area contributed by atoms with Gasteiger partial charge in [-0.2, -0.15) is 10.1 Å². The number of aromatic nitrogens is 3. The van der Waals surface area contributed by atoms with E-state index in [2.05, 4.69) is 15.4 Å². The second-order valence-corrected chi connectivity index (χ2v) is 6.71. The molecule has 0 radical (unpaired) electrons. The molecule has 0 saturated heterocycles. The van der Waals surface area contributed by atoms with Crippen molar-refractivity contribution >= 4 is 23.2 Å². The van der Waals surface area contributed by atoms with Gasteiger partial charge in [0.05, 0.1) is 0 Å². The maximum atomic E-state index is 13.3. The summed E-state index contributed by atoms with van der Waals surface area (Å²) in [5, 5.41) is 17.6. The summed E-state index contributed by atoms with van der Waals surface area (Å²) in [5.41, 5.74) is 2.56. The molecule has 0 saturated carbocycles. The number of nitrogens with one attached hydrogen (secondary N) is 1. The molecule has 138 valence electrons. The van der Waals surface area contributed by atoms with Crippen molar-refractivity contribution in [1.82, 2.24) is 14.8 Å². The SMILES string of the molecule is OCCCc1nc2n(n1)C(c1ccccc1Cl)C=C(c1ccc(F)cc1)N2. The number of hydrogen-bond donors (Lipinski definition) is 2. The molecule has 2 N–H and O–H groups in total. The second kappa shape index (κ2) is 7.50. The van der Waals surface area contributed by atoms with Crippen molar-refractivity contribution in [1.29, 1.82) is 0 Å². The zero-order chi connectivity index (χ0) is 18.8. The fourth-order valence-corrected chi connectivity index (χ4v) is 3.36. The molecule has 1 aromatic heterocycles. The van der Waals surface area contributed by atoms with Gasteiger partial charge in [0.15, 0.2) is 5.82 Å². The lowest BCUT2D eigenvalue weighted by Gasteiger charge is -2.25. The van der Waals surface area contributed by atoms with Gasteiger partial charge in [0.25, 0.3) is 0 Å². The fourth-order valence-electron chi connectivity index (χ4n) is 3.11. The summed E-state index contributed by atoms with van der Waals surface area (Å²) in [4.78, 5) is 4.56. The third-order valence-electron chi connectivity index (χ3n) is 4.45. The first kappa shape index (κ1) is 17.7. The summed E-state index contributed by atoms with van der Waals surface area (Å²) >= 11 is 6.44. The molecule has 7 heteroatoms. The Balaban J connectivity index is 1.79. The standard InChI is InChI=1S/C20H18ClFN4O/c21-16-5-2-1-4-15(16)18-12-17(13-7-9-14(22)10-8-13)23-20-24-19(6-3-11-27)25-26(18)20/h1-2,4-5,7-10,12,18,27H,3,6,11H2,(H,23,24,25). The summed E-state index contributed by atoms with van der Waals surface area (Å²) in [6.07, 6.45) is 3.18. The zero-order valence-electron chi connectivity index (χ0n) is 14.4. The lowest BCUT2D eigenvalue weighted by Crippen LogP contribution is -2.20. The average Bonchev–Trinajstić information content (AvgIpc) is 3.09. The summed E-state index contributed by atoms with van der Waals surface area (Å²) in [6, 6.07) is 13.6. The predicted molar refractivity (Wildman–Crippen MR) is 103 cm³/mol. The number of anilines is 1. The molecule has 27 heavy (non-hydrogen) atoms. The fraction of sp³-hybridized carbons (Fsp3) is 0.200. The minimum Gasteiger partial charge on any atom is -0.396 e. The van der Waals surface area contributed by atoms with Crippen LogP contribution in [0, 0.1) is 5.82 Å². The highest BCUT2D eigenvalue weighted by Crippen LogP contribution is 2.35. The molecule has 0 bridgehead atoms. The first-order chi connectivity index (χ1) is 13.2. The highest BCUT2D eigenvalue weighted by molar-refractivity contribution is 6.31. The van der Waals surface area contributed by atoms with E-state index in [4.69, 9.17) is 16.7 Å². The summed E-state index contributed by atoms with van der Waals surface area (Å²) < 4.78 is 15.1. The quantitative estimate of drug-likeness (QED) is 0.696. The van der Waals surface area contributed by atoms with Crippen molar-refractivity contribution in [2.45, 2.75) is 18.9 Å². The number of halogens is 2. The number of aliphatic hydroxyl groups excluding tert-OH is 1. The summed E-state index contributed by atoms with van der Waals surface area (Å²) in [7, 11) is 0. The van der Waals surface area contributed by atoms with Gasteiger partial charge in [0.2, 0.25) is 5.95 Å². The first-order valence-electron chi connectivity index (χ1n) is 8.71. The molecule has 3 aromatic rings. The van der Waals surface area contributed by atoms with Crippen molar-refractivity contribution in [3.63, 3.8) is 0 Å². The molecule has 0 aliphatic carbocycles. The number of aryl methyl sites for hydroxylation is 1. The van der Waals surface area contributed by atoms with Crippen LogP contribution in [0.1, 0.15) is 29.4 Å². The average molecular weight is 385 g/mol. The van der Waals surface area contributed by atoms with Crippen LogP contribution in [-0.2, 0) is 6.42 Å². The van der Waals surface area contributed by atoms with E-state index in [1.807, 2.05) is 30.3 Å². The van der Waals surface area contributed by atoms with Crippen molar-refractivity contribution in [3.05, 3.63) is 82.4 Å². The van der Waals surface area contributed by atoms with Crippen molar-refractivity contribution in [2.75, 3.05) is 11.9 Å². The maximum Gasteiger partial charge on any atom is 0.226 e. The monoisotopic (exact) mass is 384 g/mol. The molecule has 0 amide bonds. The van der Waals surface area contributed by atoms with Crippen LogP contribution in [0.3, 0.4) is 0 Å². The molecular weight excluding hydrogens is 367 g/mol. The number of benzene rings is 2. The minimum absolute atomic E-state index is 0.0876. The van der Waals surface area contributed by atoms with E-state index in [9.17, 15) is 4.39 Å². The van der Waals surface area contributed by atoms with Crippen molar-refractivity contribution in [3.8, 4) is 0 Å². The Bertz CT molecular complexity index is 984. The van der Waals surface area contributed by atoms with Gasteiger partial charge in [0, 0.05) is 23.7 Å². The predicted octanol–water partition coefficient (Wildman–Crippen LogP) is 4.05. The Morgan fingerprint density at radius 2 is 1.93 bits per heavy atom. The summed E-state index contributed by atoms with van der Waals surface area (Å²) in [6.45, 7) is 0.0876. The number of fused-ring (bicyclic) bond motifs is 1. The van der Waals surface area contributed by atoms with E-state index >= 15 is 0 Å². The topological polar surface area (TPSA) is 63.0 Å². The van der Waals surface area contributed by atoms with Gasteiger partial charge in [-0.3, -0.25) is 0 Å². The largest absolute Gasteiger partial charge is 0.396 e. The molecule has 1 atom stereocenters. The Kier molecular flexibility index (Phi) is 4.92. The molecule has 0 spiro atoms. The molecular formula is C20H18ClFN4O. The van der Waals surface area contributed by atoms with E-state index in [-0.39, 0.29) is 18.5 Å². The molecule has 4 rings (SSSR count). The smallest absolute Gasteiger partial charge is 0.226 e. The minimum atomic E-state index is -0.285. The number of aliphatic hydroxyl groups is 1. The van der Waals surface area contributed by atoms with Crippen LogP contribution in [0.15, 0.2) is 54.6 Å². The zero-order valence-corrected chi connectivity index (χ0v) is 15.2. The maximum absolute atomic E-state index is 13.3. The molecule has 1 aliphatic rings. The van der Waals surface area contributed by atoms with E-state index in [0.717, 1.165) is 16.8 Å². The van der Waals surface area contributed by atoms with Crippen LogP contribution < -0.4 is 5.32 Å². The van der Waals surface area contributed by atoms with Gasteiger partial charge in [-0.05, 0) is 54.0 Å². The lowest BCUT2D eigenvalue weighted by molar-refractivity contribution is 0.287. The third-order valence-corrected chi connectivity index (χ3v) is 4.79. The molecule has 2 aromatic carbocycles. The molecule has 0 fully saturated rings. The van der Waals surface area contributed by atoms with Crippen LogP contribution in [0.4, 0.5) is 10.3 Å². The van der Waals surface area contributed by atoms with Gasteiger partial charge in [-0.25, -0.2) is 9.07 Å². The van der Waals surface area contributed by atoms with Crippen LogP contribution in [0.5, 0.6) is 0 Å². The Hall–Kier alpha value is -2.70. The number of allylic oxidation sites excluding steroid dienone is 1. The van der Waals surface area contributed by atoms with Crippen LogP contribution in [0.25, 0.3) is 5.70 Å². The Morgan fingerprint density at radius 1 is 1.15 bits per heavy atom. The van der Waals surface area contributed by atoms with Crippen molar-refractivity contribution in [2.24, 2.45) is 0 Å². The summed E-state index contributed by atoms with van der Waals surface area (Å²) in [5.74, 6) is 0.958. The van der Waals surface area contributed by atoms with E-state index in [1.165, 1.54) is 12.1 Å². The molecule has 2 heterocycles. The van der Waals surface area contributed by atoms with Gasteiger partial charge < -0.3 is 10.4 Å². The molecule has 1 unspecified atom stereocenters. The third kappa shape index (κ3) is 3.59. The lowest BCUT2D eigenvalue weighted by atomic mass is 10.0. The second-order valence-electron chi connectivity index (χ2n) is 6.30. The van der Waals surface area contributed by atoms with Crippen LogP contribution in [-0.4, -0.2) is 26.5 Å². The van der Waals surface area contributed by atoms with Gasteiger partial charge in [-0.1, -0.05) is 29.8 Å². The molecule has 1 aliphatic heterocycles. The van der Waals surface area contributed by atoms with E-state index < -0.39 is 0 Å². The van der Waals surface area contributed by atoms with Crippen LogP contribution >= 0.6 is 11.6 Å². The Labute approximate surface area is 161 Å². The number of hydrogen-bond acceptors (Lipinski definition) is 4. The Morgan fingerprint density at radius 3 is 2.67 bits per heavy atom. The first-order valence-corrected chi connectivity index (χ1v) is 9.09.